The van der Waals surface area contributed by atoms with Gasteiger partial charge in [-0.05, 0) is 46.3 Å². The molecule has 0 aliphatic carbocycles. The van der Waals surface area contributed by atoms with Crippen LogP contribution in [0.25, 0.3) is 0 Å². The number of pyridine rings is 1. The van der Waals surface area contributed by atoms with Gasteiger partial charge in [0, 0.05) is 11.6 Å². The Balaban J connectivity index is 2.27. The normalized spacial score (nSPS) is 9.50. The Morgan fingerprint density at radius 2 is 1.83 bits per heavy atom. The number of benzene rings is 1. The zero-order valence-electron chi connectivity index (χ0n) is 9.58. The van der Waals surface area contributed by atoms with Gasteiger partial charge in [0.15, 0.2) is 0 Å². The van der Waals surface area contributed by atoms with E-state index >= 15 is 0 Å². The number of aromatic nitrogens is 1. The third kappa shape index (κ3) is 3.08. The summed E-state index contributed by atoms with van der Waals surface area (Å²) < 4.78 is 18.3. The van der Waals surface area contributed by atoms with Crippen LogP contribution in [0.4, 0.5) is 4.39 Å². The summed E-state index contributed by atoms with van der Waals surface area (Å²) in [5, 5.41) is 0. The molecule has 1 heterocycles. The van der Waals surface area contributed by atoms with E-state index in [0.717, 1.165) is 11.1 Å². The predicted molar refractivity (Wildman–Crippen MR) is 70.9 cm³/mol. The molecule has 4 heteroatoms. The van der Waals surface area contributed by atoms with Crippen molar-refractivity contribution in [3.8, 4) is 17.7 Å². The fourth-order valence-corrected chi connectivity index (χ4v) is 1.70. The molecule has 18 heavy (non-hydrogen) atoms. The zero-order valence-corrected chi connectivity index (χ0v) is 11.2. The average Bonchev–Trinajstić information content (AvgIpc) is 2.39. The van der Waals surface area contributed by atoms with E-state index < -0.39 is 0 Å². The van der Waals surface area contributed by atoms with Crippen LogP contribution in [0.15, 0.2) is 41.0 Å². The molecule has 1 aromatic heterocycles. The van der Waals surface area contributed by atoms with E-state index in [1.54, 1.807) is 25.3 Å². The van der Waals surface area contributed by atoms with Crippen LogP contribution in [0, 0.1) is 17.7 Å². The monoisotopic (exact) mass is 305 g/mol. The molecule has 1 aromatic carbocycles. The summed E-state index contributed by atoms with van der Waals surface area (Å²) in [6.45, 7) is 0. The number of rotatable bonds is 1. The SMILES string of the molecule is COc1ccc(C#Cc2ccc(F)cc2)c(Br)n1. The number of hydrogen-bond acceptors (Lipinski definition) is 2. The fraction of sp³-hybridized carbons (Fsp3) is 0.0714. The number of methoxy groups -OCH3 is 1. The van der Waals surface area contributed by atoms with Gasteiger partial charge in [-0.1, -0.05) is 11.8 Å². The first kappa shape index (κ1) is 12.6. The summed E-state index contributed by atoms with van der Waals surface area (Å²) in [6, 6.07) is 9.57. The predicted octanol–water partition coefficient (Wildman–Crippen LogP) is 3.39. The second kappa shape index (κ2) is 5.65. The van der Waals surface area contributed by atoms with Gasteiger partial charge in [0.25, 0.3) is 0 Å². The summed E-state index contributed by atoms with van der Waals surface area (Å²) in [4.78, 5) is 4.15. The molecule has 2 nitrogen and oxygen atoms in total. The quantitative estimate of drug-likeness (QED) is 0.595. The second-order valence-corrected chi connectivity index (χ2v) is 4.20. The fourth-order valence-electron chi connectivity index (χ4n) is 1.30. The average molecular weight is 306 g/mol. The van der Waals surface area contributed by atoms with E-state index in [0.29, 0.717) is 10.5 Å². The molecule has 0 unspecified atom stereocenters. The van der Waals surface area contributed by atoms with Crippen molar-refractivity contribution >= 4 is 15.9 Å². The largest absolute Gasteiger partial charge is 0.481 e. The van der Waals surface area contributed by atoms with Crippen LogP contribution in [0.3, 0.4) is 0 Å². The minimum Gasteiger partial charge on any atom is -0.481 e. The summed E-state index contributed by atoms with van der Waals surface area (Å²) in [5.74, 6) is 6.15. The molecule has 0 aliphatic rings. The lowest BCUT2D eigenvalue weighted by Crippen LogP contribution is -1.89. The van der Waals surface area contributed by atoms with Gasteiger partial charge in [-0.25, -0.2) is 9.37 Å². The third-order valence-corrected chi connectivity index (χ3v) is 2.82. The van der Waals surface area contributed by atoms with E-state index in [1.165, 1.54) is 12.1 Å². The molecular formula is C14H9BrFNO. The maximum atomic E-state index is 12.7. The molecular weight excluding hydrogens is 297 g/mol. The molecule has 2 aromatic rings. The Morgan fingerprint density at radius 3 is 2.44 bits per heavy atom. The Labute approximate surface area is 113 Å². The van der Waals surface area contributed by atoms with Crippen LogP contribution in [0.5, 0.6) is 5.88 Å². The lowest BCUT2D eigenvalue weighted by molar-refractivity contribution is 0.397. The highest BCUT2D eigenvalue weighted by atomic mass is 79.9. The van der Waals surface area contributed by atoms with E-state index in [2.05, 4.69) is 32.8 Å². The smallest absolute Gasteiger partial charge is 0.214 e. The van der Waals surface area contributed by atoms with E-state index in [-0.39, 0.29) is 5.82 Å². The van der Waals surface area contributed by atoms with Crippen LogP contribution < -0.4 is 4.74 Å². The second-order valence-electron chi connectivity index (χ2n) is 3.45. The van der Waals surface area contributed by atoms with Gasteiger partial charge in [-0.15, -0.1) is 0 Å². The molecule has 0 spiro atoms. The molecule has 0 radical (unpaired) electrons. The molecule has 90 valence electrons. The summed E-state index contributed by atoms with van der Waals surface area (Å²) in [6.07, 6.45) is 0. The molecule has 0 saturated heterocycles. The molecule has 0 N–H and O–H groups in total. The van der Waals surface area contributed by atoms with Gasteiger partial charge in [0.1, 0.15) is 10.4 Å². The number of hydrogen-bond donors (Lipinski definition) is 0. The standard InChI is InChI=1S/C14H9BrFNO/c1-18-13-9-6-11(14(15)17-13)5-2-10-3-7-12(16)8-4-10/h3-4,6-9H,1H3. The molecule has 0 atom stereocenters. The summed E-state index contributed by atoms with van der Waals surface area (Å²) >= 11 is 3.32. The topological polar surface area (TPSA) is 22.1 Å². The first-order valence-electron chi connectivity index (χ1n) is 5.17. The van der Waals surface area contributed by atoms with Crippen LogP contribution in [-0.4, -0.2) is 12.1 Å². The van der Waals surface area contributed by atoms with E-state index in [4.69, 9.17) is 4.74 Å². The van der Waals surface area contributed by atoms with E-state index in [9.17, 15) is 4.39 Å². The molecule has 2 rings (SSSR count). The van der Waals surface area contributed by atoms with Crippen LogP contribution in [-0.2, 0) is 0 Å². The lowest BCUT2D eigenvalue weighted by atomic mass is 10.2. The first-order chi connectivity index (χ1) is 8.69. The Bertz CT molecular complexity index is 614. The Kier molecular flexibility index (Phi) is 3.96. The zero-order chi connectivity index (χ0) is 13.0. The first-order valence-corrected chi connectivity index (χ1v) is 5.96. The minimum atomic E-state index is -0.271. The highest BCUT2D eigenvalue weighted by Gasteiger charge is 2.00. The lowest BCUT2D eigenvalue weighted by Gasteiger charge is -1.99. The summed E-state index contributed by atoms with van der Waals surface area (Å²) in [5.41, 5.74) is 1.50. The Hall–Kier alpha value is -1.86. The van der Waals surface area contributed by atoms with Crippen molar-refractivity contribution < 1.29 is 9.13 Å². The molecule has 0 fully saturated rings. The maximum Gasteiger partial charge on any atom is 0.214 e. The van der Waals surface area contributed by atoms with Gasteiger partial charge >= 0.3 is 0 Å². The number of ether oxygens (including phenoxy) is 1. The van der Waals surface area contributed by atoms with Crippen molar-refractivity contribution in [3.63, 3.8) is 0 Å². The van der Waals surface area contributed by atoms with E-state index in [1.807, 2.05) is 6.07 Å². The van der Waals surface area contributed by atoms with Gasteiger partial charge in [0.05, 0.1) is 12.7 Å². The maximum absolute atomic E-state index is 12.7. The van der Waals surface area contributed by atoms with Crippen LogP contribution in [0.1, 0.15) is 11.1 Å². The molecule has 0 saturated carbocycles. The molecule has 0 amide bonds. The van der Waals surface area contributed by atoms with Gasteiger partial charge in [0.2, 0.25) is 5.88 Å². The number of nitrogens with zero attached hydrogens (tertiary/aromatic N) is 1. The van der Waals surface area contributed by atoms with Crippen LogP contribution >= 0.6 is 15.9 Å². The molecule has 0 bridgehead atoms. The van der Waals surface area contributed by atoms with Crippen LogP contribution in [0.2, 0.25) is 0 Å². The van der Waals surface area contributed by atoms with Gasteiger partial charge in [-0.3, -0.25) is 0 Å². The summed E-state index contributed by atoms with van der Waals surface area (Å²) in [7, 11) is 1.55. The van der Waals surface area contributed by atoms with Gasteiger partial charge < -0.3 is 4.74 Å². The Morgan fingerprint density at radius 1 is 1.11 bits per heavy atom. The van der Waals surface area contributed by atoms with Gasteiger partial charge in [-0.2, -0.15) is 0 Å². The minimum absolute atomic E-state index is 0.271. The van der Waals surface area contributed by atoms with Crippen molar-refractivity contribution in [3.05, 3.63) is 57.9 Å². The van der Waals surface area contributed by atoms with Crippen molar-refractivity contribution in [1.29, 1.82) is 0 Å². The van der Waals surface area contributed by atoms with Crippen molar-refractivity contribution in [1.82, 2.24) is 4.98 Å². The van der Waals surface area contributed by atoms with Crippen molar-refractivity contribution in [2.45, 2.75) is 0 Å². The molecule has 0 aliphatic heterocycles. The number of halogens is 2. The third-order valence-electron chi connectivity index (χ3n) is 2.22. The highest BCUT2D eigenvalue weighted by Crippen LogP contribution is 2.17. The highest BCUT2D eigenvalue weighted by molar-refractivity contribution is 9.10. The van der Waals surface area contributed by atoms with Crippen molar-refractivity contribution in [2.24, 2.45) is 0 Å². The van der Waals surface area contributed by atoms with Crippen molar-refractivity contribution in [2.75, 3.05) is 7.11 Å².